The molecule has 1 amide bonds. The first-order chi connectivity index (χ1) is 10.2. The fraction of sp³-hybridized carbons (Fsp3) is 0.611. The SMILES string of the molecule is CNCCc1ccccc1C(=O)N(C)CC1CCCCC1. The largest absolute Gasteiger partial charge is 0.341 e. The number of hydrogen-bond acceptors (Lipinski definition) is 2. The third-order valence-corrected chi connectivity index (χ3v) is 4.50. The summed E-state index contributed by atoms with van der Waals surface area (Å²) < 4.78 is 0. The van der Waals surface area contributed by atoms with Crippen LogP contribution < -0.4 is 5.32 Å². The predicted octanol–water partition coefficient (Wildman–Crippen LogP) is 3.10. The highest BCUT2D eigenvalue weighted by molar-refractivity contribution is 5.95. The Kier molecular flexibility index (Phi) is 6.24. The summed E-state index contributed by atoms with van der Waals surface area (Å²) in [5, 5.41) is 3.15. The van der Waals surface area contributed by atoms with Crippen LogP contribution in [0.15, 0.2) is 24.3 Å². The molecule has 21 heavy (non-hydrogen) atoms. The zero-order chi connectivity index (χ0) is 15.1. The summed E-state index contributed by atoms with van der Waals surface area (Å²) in [6, 6.07) is 8.01. The van der Waals surface area contributed by atoms with Crippen LogP contribution in [0.25, 0.3) is 0 Å². The predicted molar refractivity (Wildman–Crippen MR) is 87.6 cm³/mol. The molecule has 0 aromatic heterocycles. The van der Waals surface area contributed by atoms with E-state index >= 15 is 0 Å². The van der Waals surface area contributed by atoms with Gasteiger partial charge in [-0.25, -0.2) is 0 Å². The first-order valence-electron chi connectivity index (χ1n) is 8.20. The van der Waals surface area contributed by atoms with Crippen LogP contribution in [-0.2, 0) is 6.42 Å². The van der Waals surface area contributed by atoms with Gasteiger partial charge in [0.25, 0.3) is 5.91 Å². The molecule has 0 aliphatic heterocycles. The Balaban J connectivity index is 2.00. The molecule has 0 unspecified atom stereocenters. The number of nitrogens with zero attached hydrogens (tertiary/aromatic N) is 1. The molecule has 0 atom stereocenters. The van der Waals surface area contributed by atoms with Crippen LogP contribution in [0.2, 0.25) is 0 Å². The lowest BCUT2D eigenvalue weighted by Crippen LogP contribution is -2.33. The minimum atomic E-state index is 0.173. The molecule has 1 aromatic rings. The Morgan fingerprint density at radius 1 is 1.24 bits per heavy atom. The van der Waals surface area contributed by atoms with E-state index in [0.29, 0.717) is 5.92 Å². The molecule has 0 heterocycles. The summed E-state index contributed by atoms with van der Waals surface area (Å²) in [7, 11) is 3.89. The molecule has 116 valence electrons. The molecule has 0 spiro atoms. The van der Waals surface area contributed by atoms with Gasteiger partial charge in [0.1, 0.15) is 0 Å². The van der Waals surface area contributed by atoms with E-state index in [1.807, 2.05) is 37.2 Å². The first kappa shape index (κ1) is 16.0. The van der Waals surface area contributed by atoms with Crippen molar-refractivity contribution in [1.29, 1.82) is 0 Å². The molecule has 1 aliphatic carbocycles. The molecule has 1 saturated carbocycles. The number of likely N-dealkylation sites (N-methyl/N-ethyl adjacent to an activating group) is 1. The van der Waals surface area contributed by atoms with E-state index in [1.165, 1.54) is 32.1 Å². The van der Waals surface area contributed by atoms with Gasteiger partial charge >= 0.3 is 0 Å². The van der Waals surface area contributed by atoms with Gasteiger partial charge in [-0.15, -0.1) is 0 Å². The highest BCUT2D eigenvalue weighted by Gasteiger charge is 2.20. The number of rotatable bonds is 6. The minimum Gasteiger partial charge on any atom is -0.341 e. The highest BCUT2D eigenvalue weighted by Crippen LogP contribution is 2.24. The molecule has 1 N–H and O–H groups in total. The maximum Gasteiger partial charge on any atom is 0.253 e. The monoisotopic (exact) mass is 288 g/mol. The average molecular weight is 288 g/mol. The minimum absolute atomic E-state index is 0.173. The second-order valence-corrected chi connectivity index (χ2v) is 6.20. The van der Waals surface area contributed by atoms with E-state index in [1.54, 1.807) is 0 Å². The van der Waals surface area contributed by atoms with Gasteiger partial charge in [-0.2, -0.15) is 0 Å². The summed E-state index contributed by atoms with van der Waals surface area (Å²) >= 11 is 0. The zero-order valence-electron chi connectivity index (χ0n) is 13.4. The van der Waals surface area contributed by atoms with Gasteiger partial charge in [0.15, 0.2) is 0 Å². The summed E-state index contributed by atoms with van der Waals surface area (Å²) in [6.45, 7) is 1.80. The first-order valence-corrected chi connectivity index (χ1v) is 8.20. The van der Waals surface area contributed by atoms with Crippen molar-refractivity contribution < 1.29 is 4.79 Å². The number of hydrogen-bond donors (Lipinski definition) is 1. The number of amides is 1. The smallest absolute Gasteiger partial charge is 0.253 e. The lowest BCUT2D eigenvalue weighted by molar-refractivity contribution is 0.0759. The van der Waals surface area contributed by atoms with Crippen LogP contribution in [0.3, 0.4) is 0 Å². The Morgan fingerprint density at radius 2 is 1.95 bits per heavy atom. The molecule has 1 aromatic carbocycles. The van der Waals surface area contributed by atoms with Gasteiger partial charge in [0, 0.05) is 19.2 Å². The van der Waals surface area contributed by atoms with Crippen molar-refractivity contribution in [3.05, 3.63) is 35.4 Å². The third-order valence-electron chi connectivity index (χ3n) is 4.50. The molecule has 1 fully saturated rings. The van der Waals surface area contributed by atoms with Crippen molar-refractivity contribution in [3.8, 4) is 0 Å². The molecule has 0 bridgehead atoms. The Labute approximate surface area is 128 Å². The summed E-state index contributed by atoms with van der Waals surface area (Å²) in [5.74, 6) is 0.865. The number of benzene rings is 1. The van der Waals surface area contributed by atoms with Crippen molar-refractivity contribution in [2.45, 2.75) is 38.5 Å². The van der Waals surface area contributed by atoms with Crippen LogP contribution in [0.5, 0.6) is 0 Å². The van der Waals surface area contributed by atoms with Gasteiger partial charge in [0.05, 0.1) is 0 Å². The standard InChI is InChI=1S/C18H28N2O/c1-19-13-12-16-10-6-7-11-17(16)18(21)20(2)14-15-8-4-3-5-9-15/h6-7,10-11,15,19H,3-5,8-9,12-14H2,1-2H3. The van der Waals surface area contributed by atoms with E-state index in [0.717, 1.165) is 30.6 Å². The topological polar surface area (TPSA) is 32.3 Å². The van der Waals surface area contributed by atoms with E-state index < -0.39 is 0 Å². The van der Waals surface area contributed by atoms with Gasteiger partial charge in [-0.05, 0) is 50.4 Å². The fourth-order valence-corrected chi connectivity index (χ4v) is 3.25. The second-order valence-electron chi connectivity index (χ2n) is 6.20. The molecule has 0 saturated heterocycles. The molecule has 1 aliphatic rings. The van der Waals surface area contributed by atoms with E-state index in [-0.39, 0.29) is 5.91 Å². The van der Waals surface area contributed by atoms with E-state index in [2.05, 4.69) is 11.4 Å². The molecular weight excluding hydrogens is 260 g/mol. The van der Waals surface area contributed by atoms with Crippen molar-refractivity contribution in [1.82, 2.24) is 10.2 Å². The van der Waals surface area contributed by atoms with E-state index in [4.69, 9.17) is 0 Å². The lowest BCUT2D eigenvalue weighted by atomic mass is 9.89. The Bertz CT molecular complexity index is 452. The Hall–Kier alpha value is -1.35. The van der Waals surface area contributed by atoms with Crippen LogP contribution in [0.4, 0.5) is 0 Å². The van der Waals surface area contributed by atoms with Crippen LogP contribution in [-0.4, -0.2) is 38.0 Å². The van der Waals surface area contributed by atoms with Crippen LogP contribution in [0.1, 0.15) is 48.0 Å². The number of nitrogens with one attached hydrogen (secondary N) is 1. The normalized spacial score (nSPS) is 15.9. The zero-order valence-corrected chi connectivity index (χ0v) is 13.4. The van der Waals surface area contributed by atoms with Gasteiger partial charge < -0.3 is 10.2 Å². The maximum absolute atomic E-state index is 12.7. The van der Waals surface area contributed by atoms with Crippen molar-refractivity contribution in [3.63, 3.8) is 0 Å². The van der Waals surface area contributed by atoms with Gasteiger partial charge in [0.2, 0.25) is 0 Å². The molecular formula is C18H28N2O. The molecule has 0 radical (unpaired) electrons. The van der Waals surface area contributed by atoms with Crippen molar-refractivity contribution >= 4 is 5.91 Å². The highest BCUT2D eigenvalue weighted by atomic mass is 16.2. The second kappa shape index (κ2) is 8.18. The van der Waals surface area contributed by atoms with Crippen LogP contribution >= 0.6 is 0 Å². The average Bonchev–Trinajstić information content (AvgIpc) is 2.53. The van der Waals surface area contributed by atoms with Crippen molar-refractivity contribution in [2.75, 3.05) is 27.2 Å². The van der Waals surface area contributed by atoms with E-state index in [9.17, 15) is 4.79 Å². The maximum atomic E-state index is 12.7. The van der Waals surface area contributed by atoms with Gasteiger partial charge in [-0.1, -0.05) is 37.5 Å². The quantitative estimate of drug-likeness (QED) is 0.872. The van der Waals surface area contributed by atoms with Gasteiger partial charge in [-0.3, -0.25) is 4.79 Å². The third kappa shape index (κ3) is 4.57. The fourth-order valence-electron chi connectivity index (χ4n) is 3.25. The van der Waals surface area contributed by atoms with Crippen LogP contribution in [0, 0.1) is 5.92 Å². The van der Waals surface area contributed by atoms with Crippen molar-refractivity contribution in [2.24, 2.45) is 5.92 Å². The number of carbonyl (C=O) groups is 1. The Morgan fingerprint density at radius 3 is 2.67 bits per heavy atom. The summed E-state index contributed by atoms with van der Waals surface area (Å²) in [6.07, 6.45) is 7.46. The summed E-state index contributed by atoms with van der Waals surface area (Å²) in [5.41, 5.74) is 2.01. The number of carbonyl (C=O) groups excluding carboxylic acids is 1. The molecule has 3 nitrogen and oxygen atoms in total. The summed E-state index contributed by atoms with van der Waals surface area (Å²) in [4.78, 5) is 14.6. The lowest BCUT2D eigenvalue weighted by Gasteiger charge is -2.27. The molecule has 2 rings (SSSR count). The molecule has 3 heteroatoms.